The van der Waals surface area contributed by atoms with Crippen molar-refractivity contribution in [1.82, 2.24) is 0 Å². The van der Waals surface area contributed by atoms with E-state index >= 15 is 0 Å². The molecular formula is C28H39O5P. The molecule has 0 heterocycles. The lowest BCUT2D eigenvalue weighted by molar-refractivity contribution is -0.111. The first-order valence-corrected chi connectivity index (χ1v) is 13.5. The lowest BCUT2D eigenvalue weighted by Crippen LogP contribution is -2.17. The Morgan fingerprint density at radius 3 is 1.79 bits per heavy atom. The Bertz CT molecular complexity index is 1030. The fourth-order valence-corrected chi connectivity index (χ4v) is 5.34. The van der Waals surface area contributed by atoms with Crippen molar-refractivity contribution in [2.75, 3.05) is 19.4 Å². The van der Waals surface area contributed by atoms with Gasteiger partial charge in [-0.3, -0.25) is 9.36 Å². The fraction of sp³-hybridized carbons (Fsp3) is 0.464. The van der Waals surface area contributed by atoms with E-state index in [0.717, 1.165) is 22.3 Å². The summed E-state index contributed by atoms with van der Waals surface area (Å²) in [7, 11) is -3.56. The summed E-state index contributed by atoms with van der Waals surface area (Å²) in [4.78, 5) is 13.5. The predicted molar refractivity (Wildman–Crippen MR) is 141 cm³/mol. The van der Waals surface area contributed by atoms with Gasteiger partial charge in [0.25, 0.3) is 0 Å². The van der Waals surface area contributed by atoms with Gasteiger partial charge in [-0.05, 0) is 54.0 Å². The van der Waals surface area contributed by atoms with Gasteiger partial charge in [0.2, 0.25) is 0 Å². The predicted octanol–water partition coefficient (Wildman–Crippen LogP) is 7.36. The van der Waals surface area contributed by atoms with Crippen LogP contribution in [0.1, 0.15) is 77.6 Å². The van der Waals surface area contributed by atoms with Gasteiger partial charge in [-0.15, -0.1) is 0 Å². The SMILES string of the molecule is CCOP(=O)(CC(=O)/C(=C/c1cc(C(C)(C)C)c(O)c(C(C)(C)C)c1)c1ccccc1)OCC. The molecule has 2 aromatic rings. The standard InChI is InChI=1S/C28H39O5P/c1-9-32-34(31,33-10-2)19-25(29)22(21-14-12-11-13-15-21)16-20-17-23(27(3,4)5)26(30)24(18-20)28(6,7)8/h11-18,30H,9-10,19H2,1-8H3/b22-16+. The summed E-state index contributed by atoms with van der Waals surface area (Å²) in [5.74, 6) is -0.0407. The van der Waals surface area contributed by atoms with Crippen LogP contribution in [0.5, 0.6) is 5.75 Å². The van der Waals surface area contributed by atoms with Crippen LogP contribution in [-0.4, -0.2) is 30.3 Å². The average Bonchev–Trinajstić information content (AvgIpc) is 2.71. The second-order valence-corrected chi connectivity index (χ2v) is 12.5. The van der Waals surface area contributed by atoms with Crippen LogP contribution in [0.25, 0.3) is 11.6 Å². The van der Waals surface area contributed by atoms with Crippen molar-refractivity contribution in [2.24, 2.45) is 0 Å². The molecule has 0 bridgehead atoms. The Labute approximate surface area is 204 Å². The number of phenols is 1. The third kappa shape index (κ3) is 7.15. The first kappa shape index (κ1) is 28.0. The number of carbonyl (C=O) groups is 1. The lowest BCUT2D eigenvalue weighted by Gasteiger charge is -2.28. The normalized spacial score (nSPS) is 13.2. The quantitative estimate of drug-likeness (QED) is 0.228. The van der Waals surface area contributed by atoms with E-state index in [0.29, 0.717) is 5.57 Å². The summed E-state index contributed by atoms with van der Waals surface area (Å²) in [5.41, 5.74) is 2.94. The fourth-order valence-electron chi connectivity index (χ4n) is 3.78. The van der Waals surface area contributed by atoms with E-state index in [9.17, 15) is 14.5 Å². The number of aromatic hydroxyl groups is 1. The molecule has 0 aromatic heterocycles. The van der Waals surface area contributed by atoms with Gasteiger partial charge >= 0.3 is 7.60 Å². The number of rotatable bonds is 9. The Kier molecular flexibility index (Phi) is 9.10. The number of allylic oxidation sites excluding steroid dienone is 1. The number of benzene rings is 2. The van der Waals surface area contributed by atoms with Gasteiger partial charge in [0, 0.05) is 16.7 Å². The highest BCUT2D eigenvalue weighted by atomic mass is 31.2. The van der Waals surface area contributed by atoms with E-state index in [1.165, 1.54) is 0 Å². The van der Waals surface area contributed by atoms with E-state index in [1.54, 1.807) is 13.8 Å². The van der Waals surface area contributed by atoms with Crippen molar-refractivity contribution < 1.29 is 23.5 Å². The molecule has 186 valence electrons. The first-order chi connectivity index (χ1) is 15.7. The molecule has 5 nitrogen and oxygen atoms in total. The zero-order valence-electron chi connectivity index (χ0n) is 21.8. The molecule has 2 aromatic carbocycles. The van der Waals surface area contributed by atoms with Crippen LogP contribution in [0.2, 0.25) is 0 Å². The van der Waals surface area contributed by atoms with Crippen LogP contribution in [0.3, 0.4) is 0 Å². The summed E-state index contributed by atoms with van der Waals surface area (Å²) in [6.45, 7) is 16.1. The Morgan fingerprint density at radius 1 is 0.912 bits per heavy atom. The molecule has 0 saturated carbocycles. The molecule has 6 heteroatoms. The largest absolute Gasteiger partial charge is 0.507 e. The minimum Gasteiger partial charge on any atom is -0.507 e. The number of hydrogen-bond donors (Lipinski definition) is 1. The van der Waals surface area contributed by atoms with Crippen LogP contribution in [0, 0.1) is 0 Å². The van der Waals surface area contributed by atoms with E-state index in [-0.39, 0.29) is 41.7 Å². The molecule has 0 aliphatic rings. The summed E-state index contributed by atoms with van der Waals surface area (Å²) in [6.07, 6.45) is 1.47. The second kappa shape index (κ2) is 11.0. The Balaban J connectivity index is 2.71. The average molecular weight is 487 g/mol. The number of phenolic OH excluding ortho intramolecular Hbond substituents is 1. The van der Waals surface area contributed by atoms with Crippen LogP contribution >= 0.6 is 7.60 Å². The third-order valence-electron chi connectivity index (χ3n) is 5.43. The maximum absolute atomic E-state index is 13.5. The van der Waals surface area contributed by atoms with E-state index in [2.05, 4.69) is 0 Å². The number of carbonyl (C=O) groups excluding carboxylic acids is 1. The highest BCUT2D eigenvalue weighted by molar-refractivity contribution is 7.55. The number of hydrogen-bond acceptors (Lipinski definition) is 5. The van der Waals surface area contributed by atoms with Gasteiger partial charge in [0.15, 0.2) is 5.78 Å². The van der Waals surface area contributed by atoms with Gasteiger partial charge in [0.1, 0.15) is 11.9 Å². The summed E-state index contributed by atoms with van der Waals surface area (Å²) in [6, 6.07) is 13.2. The van der Waals surface area contributed by atoms with Crippen LogP contribution < -0.4 is 0 Å². The second-order valence-electron chi connectivity index (χ2n) is 10.4. The summed E-state index contributed by atoms with van der Waals surface area (Å²) < 4.78 is 23.8. The lowest BCUT2D eigenvalue weighted by atomic mass is 9.78. The molecule has 0 saturated heterocycles. The zero-order chi connectivity index (χ0) is 25.7. The first-order valence-electron chi connectivity index (χ1n) is 11.8. The minimum absolute atomic E-state index is 0.191. The van der Waals surface area contributed by atoms with Crippen molar-refractivity contribution in [2.45, 2.75) is 66.2 Å². The van der Waals surface area contributed by atoms with Crippen molar-refractivity contribution in [3.05, 3.63) is 64.7 Å². The highest BCUT2D eigenvalue weighted by Crippen LogP contribution is 2.49. The van der Waals surface area contributed by atoms with Crippen LogP contribution in [-0.2, 0) is 29.2 Å². The molecule has 0 unspecified atom stereocenters. The van der Waals surface area contributed by atoms with Crippen molar-refractivity contribution in [3.63, 3.8) is 0 Å². The molecule has 1 N–H and O–H groups in total. The van der Waals surface area contributed by atoms with E-state index in [4.69, 9.17) is 9.05 Å². The molecule has 0 spiro atoms. The molecule has 34 heavy (non-hydrogen) atoms. The van der Waals surface area contributed by atoms with Gasteiger partial charge in [-0.25, -0.2) is 0 Å². The van der Waals surface area contributed by atoms with Crippen LogP contribution in [0.15, 0.2) is 42.5 Å². The zero-order valence-corrected chi connectivity index (χ0v) is 22.7. The topological polar surface area (TPSA) is 72.8 Å². The molecule has 0 aliphatic heterocycles. The molecule has 0 amide bonds. The Hall–Kier alpha value is -2.20. The highest BCUT2D eigenvalue weighted by Gasteiger charge is 2.30. The van der Waals surface area contributed by atoms with Crippen LogP contribution in [0.4, 0.5) is 0 Å². The van der Waals surface area contributed by atoms with Crippen molar-refractivity contribution >= 4 is 25.0 Å². The van der Waals surface area contributed by atoms with Gasteiger partial charge < -0.3 is 14.2 Å². The third-order valence-corrected chi connectivity index (χ3v) is 7.41. The maximum Gasteiger partial charge on any atom is 0.338 e. The number of ketones is 1. The monoisotopic (exact) mass is 486 g/mol. The van der Waals surface area contributed by atoms with E-state index in [1.807, 2.05) is 90.1 Å². The maximum atomic E-state index is 13.5. The van der Waals surface area contributed by atoms with Gasteiger partial charge in [-0.1, -0.05) is 71.9 Å². The summed E-state index contributed by atoms with van der Waals surface area (Å²) in [5, 5.41) is 11.1. The molecule has 0 fully saturated rings. The molecule has 0 aliphatic carbocycles. The molecular weight excluding hydrogens is 447 g/mol. The molecule has 0 radical (unpaired) electrons. The van der Waals surface area contributed by atoms with Gasteiger partial charge in [0.05, 0.1) is 13.2 Å². The number of Topliss-reactive ketones (excluding diaryl/α,β-unsaturated/α-hetero) is 1. The smallest absolute Gasteiger partial charge is 0.338 e. The van der Waals surface area contributed by atoms with E-state index < -0.39 is 7.60 Å². The molecule has 0 atom stereocenters. The summed E-state index contributed by atoms with van der Waals surface area (Å²) >= 11 is 0. The minimum atomic E-state index is -3.56. The van der Waals surface area contributed by atoms with Gasteiger partial charge in [-0.2, -0.15) is 0 Å². The molecule has 2 rings (SSSR count). The Morgan fingerprint density at radius 2 is 1.38 bits per heavy atom. The van der Waals surface area contributed by atoms with Crippen molar-refractivity contribution in [3.8, 4) is 5.75 Å². The van der Waals surface area contributed by atoms with Crippen molar-refractivity contribution in [1.29, 1.82) is 0 Å².